The minimum absolute atomic E-state index is 0.0228. The zero-order chi connectivity index (χ0) is 16.9. The first kappa shape index (κ1) is 17.4. The van der Waals surface area contributed by atoms with Gasteiger partial charge in [-0.05, 0) is 32.6 Å². The van der Waals surface area contributed by atoms with Crippen molar-refractivity contribution in [3.05, 3.63) is 28.2 Å². The van der Waals surface area contributed by atoms with Crippen LogP contribution in [0.15, 0.2) is 17.5 Å². The van der Waals surface area contributed by atoms with E-state index in [2.05, 4.69) is 26.6 Å². The Morgan fingerprint density at radius 2 is 2.42 bits per heavy atom. The van der Waals surface area contributed by atoms with Crippen molar-refractivity contribution in [2.24, 2.45) is 0 Å². The maximum atomic E-state index is 13.8. The average molecular weight is 352 g/mol. The highest BCUT2D eigenvalue weighted by atomic mass is 32.1. The third-order valence-corrected chi connectivity index (χ3v) is 5.40. The Morgan fingerprint density at radius 3 is 3.12 bits per heavy atom. The molecule has 132 valence electrons. The van der Waals surface area contributed by atoms with E-state index < -0.39 is 6.17 Å². The summed E-state index contributed by atoms with van der Waals surface area (Å²) in [5.41, 5.74) is 0.980. The molecule has 0 spiro atoms. The second-order valence-electron chi connectivity index (χ2n) is 6.59. The molecule has 1 aliphatic carbocycles. The zero-order valence-corrected chi connectivity index (χ0v) is 14.8. The number of carbonyl (C=O) groups is 1. The van der Waals surface area contributed by atoms with Crippen molar-refractivity contribution in [1.82, 2.24) is 20.5 Å². The van der Waals surface area contributed by atoms with Gasteiger partial charge in [-0.2, -0.15) is 0 Å². The van der Waals surface area contributed by atoms with Crippen molar-refractivity contribution in [3.8, 4) is 0 Å². The fourth-order valence-electron chi connectivity index (χ4n) is 3.38. The van der Waals surface area contributed by atoms with Crippen LogP contribution in [0.5, 0.6) is 0 Å². The Kier molecular flexibility index (Phi) is 5.84. The molecule has 24 heavy (non-hydrogen) atoms. The number of halogens is 1. The van der Waals surface area contributed by atoms with E-state index in [9.17, 15) is 9.18 Å². The lowest BCUT2D eigenvalue weighted by atomic mass is 10.0. The maximum Gasteiger partial charge on any atom is 0.315 e. The van der Waals surface area contributed by atoms with Crippen LogP contribution in [-0.4, -0.2) is 47.3 Å². The topological polar surface area (TPSA) is 57.3 Å². The number of hydrogen-bond acceptors (Lipinski definition) is 4. The number of aryl methyl sites for hydroxylation is 1. The molecule has 7 heteroatoms. The zero-order valence-electron chi connectivity index (χ0n) is 14.0. The molecule has 0 saturated carbocycles. The van der Waals surface area contributed by atoms with Crippen LogP contribution in [-0.2, 0) is 6.54 Å². The molecule has 3 rings (SSSR count). The highest BCUT2D eigenvalue weighted by Crippen LogP contribution is 2.23. The van der Waals surface area contributed by atoms with Gasteiger partial charge in [0.15, 0.2) is 0 Å². The van der Waals surface area contributed by atoms with Crippen LogP contribution in [0.25, 0.3) is 0 Å². The third-order valence-electron chi connectivity index (χ3n) is 4.58. The lowest BCUT2D eigenvalue weighted by Gasteiger charge is -2.24. The Bertz CT molecular complexity index is 591. The van der Waals surface area contributed by atoms with Crippen molar-refractivity contribution in [2.75, 3.05) is 13.1 Å². The lowest BCUT2D eigenvalue weighted by molar-refractivity contribution is 0.216. The van der Waals surface area contributed by atoms with Gasteiger partial charge in [0.05, 0.1) is 10.7 Å². The molecule has 0 unspecified atom stereocenters. The van der Waals surface area contributed by atoms with Crippen LogP contribution in [0, 0.1) is 6.92 Å². The second kappa shape index (κ2) is 8.07. The quantitative estimate of drug-likeness (QED) is 0.801. The number of allylic oxidation sites excluding steroid dienone is 1. The number of nitrogens with one attached hydrogen (secondary N) is 2. The van der Waals surface area contributed by atoms with E-state index in [-0.39, 0.29) is 18.1 Å². The number of nitrogens with zero attached hydrogens (tertiary/aromatic N) is 2. The van der Waals surface area contributed by atoms with Crippen molar-refractivity contribution in [3.63, 3.8) is 0 Å². The van der Waals surface area contributed by atoms with E-state index in [1.807, 2.05) is 18.4 Å². The van der Waals surface area contributed by atoms with Gasteiger partial charge in [0, 0.05) is 37.1 Å². The number of alkyl halides is 1. The van der Waals surface area contributed by atoms with Gasteiger partial charge >= 0.3 is 6.03 Å². The van der Waals surface area contributed by atoms with Gasteiger partial charge in [-0.25, -0.2) is 14.2 Å². The van der Waals surface area contributed by atoms with E-state index in [4.69, 9.17) is 0 Å². The predicted molar refractivity (Wildman–Crippen MR) is 93.9 cm³/mol. The Hall–Kier alpha value is -1.47. The molecule has 5 nitrogen and oxygen atoms in total. The number of thiazole rings is 1. The number of amides is 2. The van der Waals surface area contributed by atoms with Crippen LogP contribution in [0.1, 0.15) is 36.4 Å². The Balaban J connectivity index is 1.48. The van der Waals surface area contributed by atoms with E-state index in [0.717, 1.165) is 30.0 Å². The van der Waals surface area contributed by atoms with Gasteiger partial charge in [-0.15, -0.1) is 11.3 Å². The normalized spacial score (nSPS) is 27.3. The highest BCUT2D eigenvalue weighted by Gasteiger charge is 2.32. The van der Waals surface area contributed by atoms with Gasteiger partial charge < -0.3 is 10.6 Å². The van der Waals surface area contributed by atoms with E-state index in [1.54, 1.807) is 11.3 Å². The minimum atomic E-state index is -0.833. The van der Waals surface area contributed by atoms with Crippen LogP contribution in [0.3, 0.4) is 0 Å². The van der Waals surface area contributed by atoms with Crippen molar-refractivity contribution in [2.45, 2.75) is 57.4 Å². The third kappa shape index (κ3) is 4.77. The molecule has 1 aromatic heterocycles. The van der Waals surface area contributed by atoms with Crippen LogP contribution in [0.4, 0.5) is 9.18 Å². The number of hydrogen-bond donors (Lipinski definition) is 2. The largest absolute Gasteiger partial charge is 0.337 e. The molecule has 2 aliphatic rings. The number of carbonyl (C=O) groups excluding carboxylic acids is 1. The average Bonchev–Trinajstić information content (AvgIpc) is 3.12. The second-order valence-corrected chi connectivity index (χ2v) is 7.66. The number of aromatic nitrogens is 1. The SMILES string of the molecule is Cc1nc(CN2C[C@@H](F)C[C@H]2CNC(=O)N[C@@H]2C=CCCC2)cs1. The van der Waals surface area contributed by atoms with Crippen LogP contribution in [0.2, 0.25) is 0 Å². The summed E-state index contributed by atoms with van der Waals surface area (Å²) < 4.78 is 13.8. The van der Waals surface area contributed by atoms with Crippen molar-refractivity contribution < 1.29 is 9.18 Å². The molecule has 1 saturated heterocycles. The number of rotatable bonds is 5. The molecule has 0 bridgehead atoms. The molecule has 1 aromatic rings. The molecule has 0 radical (unpaired) electrons. The van der Waals surface area contributed by atoms with Gasteiger partial charge in [-0.3, -0.25) is 4.90 Å². The molecule has 2 N–H and O–H groups in total. The molecule has 1 aliphatic heterocycles. The van der Waals surface area contributed by atoms with E-state index in [0.29, 0.717) is 26.1 Å². The molecular formula is C17H25FN4OS. The van der Waals surface area contributed by atoms with Crippen LogP contribution < -0.4 is 10.6 Å². The summed E-state index contributed by atoms with van der Waals surface area (Å²) in [4.78, 5) is 18.6. The van der Waals surface area contributed by atoms with Gasteiger partial charge in [-0.1, -0.05) is 12.2 Å². The van der Waals surface area contributed by atoms with Gasteiger partial charge in [0.2, 0.25) is 0 Å². The molecule has 1 fully saturated rings. The summed E-state index contributed by atoms with van der Waals surface area (Å²) >= 11 is 1.61. The predicted octanol–water partition coefficient (Wildman–Crippen LogP) is 2.77. The summed E-state index contributed by atoms with van der Waals surface area (Å²) in [6, 6.07) is -0.0294. The summed E-state index contributed by atoms with van der Waals surface area (Å²) in [6.07, 6.45) is 6.96. The summed E-state index contributed by atoms with van der Waals surface area (Å²) in [5.74, 6) is 0. The van der Waals surface area contributed by atoms with Gasteiger partial charge in [0.25, 0.3) is 0 Å². The van der Waals surface area contributed by atoms with Crippen molar-refractivity contribution >= 4 is 17.4 Å². The smallest absolute Gasteiger partial charge is 0.315 e. The monoisotopic (exact) mass is 352 g/mol. The highest BCUT2D eigenvalue weighted by molar-refractivity contribution is 7.09. The summed E-state index contributed by atoms with van der Waals surface area (Å²) in [5, 5.41) is 8.91. The van der Waals surface area contributed by atoms with Crippen molar-refractivity contribution in [1.29, 1.82) is 0 Å². The number of likely N-dealkylation sites (tertiary alicyclic amines) is 1. The fraction of sp³-hybridized carbons (Fsp3) is 0.647. The lowest BCUT2D eigenvalue weighted by Crippen LogP contribution is -2.46. The van der Waals surface area contributed by atoms with E-state index >= 15 is 0 Å². The van der Waals surface area contributed by atoms with Crippen LogP contribution >= 0.6 is 11.3 Å². The first-order valence-electron chi connectivity index (χ1n) is 8.60. The van der Waals surface area contributed by atoms with Gasteiger partial charge in [0.1, 0.15) is 6.17 Å². The number of urea groups is 1. The molecule has 2 heterocycles. The summed E-state index contributed by atoms with van der Waals surface area (Å²) in [7, 11) is 0. The first-order valence-corrected chi connectivity index (χ1v) is 9.48. The van der Waals surface area contributed by atoms with E-state index in [1.165, 1.54) is 0 Å². The first-order chi connectivity index (χ1) is 11.6. The fourth-order valence-corrected chi connectivity index (χ4v) is 3.98. The Morgan fingerprint density at radius 1 is 1.54 bits per heavy atom. The Labute approximate surface area is 146 Å². The summed E-state index contributed by atoms with van der Waals surface area (Å²) in [6.45, 7) is 3.49. The molecule has 2 amide bonds. The standard InChI is InChI=1S/C17H25FN4OS/c1-12-20-15(11-24-12)10-22-9-13(18)7-16(22)8-19-17(23)21-14-5-3-2-4-6-14/h3,5,11,13-14,16H,2,4,6-10H2,1H3,(H2,19,21,23)/t13-,14+,16-/m0/s1. The maximum absolute atomic E-state index is 13.8. The molecule has 3 atom stereocenters. The molecular weight excluding hydrogens is 327 g/mol. The minimum Gasteiger partial charge on any atom is -0.337 e. The molecule has 0 aromatic carbocycles.